The molecule has 29 heavy (non-hydrogen) atoms. The summed E-state index contributed by atoms with van der Waals surface area (Å²) in [6, 6.07) is 11.8. The number of likely N-dealkylation sites (tertiary alicyclic amines) is 2. The number of rotatable bonds is 4. The van der Waals surface area contributed by atoms with Crippen LogP contribution in [0.5, 0.6) is 5.75 Å². The third-order valence-corrected chi connectivity index (χ3v) is 6.50. The summed E-state index contributed by atoms with van der Waals surface area (Å²) >= 11 is 0. The van der Waals surface area contributed by atoms with Gasteiger partial charge in [-0.3, -0.25) is 14.6 Å². The average Bonchev–Trinajstić information content (AvgIpc) is 3.45. The van der Waals surface area contributed by atoms with Crippen molar-refractivity contribution >= 4 is 11.8 Å². The molecular formula is C23H25N3O3. The van der Waals surface area contributed by atoms with Gasteiger partial charge in [-0.05, 0) is 42.2 Å². The molecule has 1 aromatic carbocycles. The highest BCUT2D eigenvalue weighted by molar-refractivity contribution is 5.87. The standard InChI is InChI=1S/C23H25N3O3/c27-21(14-17-4-5-20-18(13-17)6-12-29-20)26-11-8-23(16-26)7-10-25(22(23)28)15-19-3-1-2-9-24-19/h1-5,9,13H,6-8,10-12,14-16H2. The van der Waals surface area contributed by atoms with Gasteiger partial charge in [-0.1, -0.05) is 18.2 Å². The minimum absolute atomic E-state index is 0.108. The number of fused-ring (bicyclic) bond motifs is 1. The Morgan fingerprint density at radius 2 is 2.07 bits per heavy atom. The molecule has 3 aliphatic rings. The number of benzene rings is 1. The fourth-order valence-corrected chi connectivity index (χ4v) is 4.83. The summed E-state index contributed by atoms with van der Waals surface area (Å²) in [4.78, 5) is 34.1. The van der Waals surface area contributed by atoms with Gasteiger partial charge in [0.25, 0.3) is 0 Å². The zero-order valence-corrected chi connectivity index (χ0v) is 16.5. The predicted molar refractivity (Wildman–Crippen MR) is 107 cm³/mol. The summed E-state index contributed by atoms with van der Waals surface area (Å²) in [6.07, 6.45) is 4.62. The summed E-state index contributed by atoms with van der Waals surface area (Å²) in [5.74, 6) is 1.22. The van der Waals surface area contributed by atoms with Gasteiger partial charge in [0.2, 0.25) is 11.8 Å². The van der Waals surface area contributed by atoms with Crippen molar-refractivity contribution < 1.29 is 14.3 Å². The van der Waals surface area contributed by atoms with Crippen molar-refractivity contribution in [1.82, 2.24) is 14.8 Å². The molecule has 2 fully saturated rings. The Labute approximate surface area is 170 Å². The summed E-state index contributed by atoms with van der Waals surface area (Å²) in [5, 5.41) is 0. The second kappa shape index (κ2) is 7.17. The van der Waals surface area contributed by atoms with Crippen molar-refractivity contribution in [3.8, 4) is 5.75 Å². The number of nitrogens with zero attached hydrogens (tertiary/aromatic N) is 3. The van der Waals surface area contributed by atoms with Crippen LogP contribution >= 0.6 is 0 Å². The lowest BCUT2D eigenvalue weighted by molar-refractivity contribution is -0.136. The maximum atomic E-state index is 13.1. The van der Waals surface area contributed by atoms with Gasteiger partial charge < -0.3 is 14.5 Å². The van der Waals surface area contributed by atoms with E-state index in [9.17, 15) is 9.59 Å². The maximum absolute atomic E-state index is 13.1. The van der Waals surface area contributed by atoms with Gasteiger partial charge >= 0.3 is 0 Å². The monoisotopic (exact) mass is 391 g/mol. The zero-order chi connectivity index (χ0) is 19.8. The SMILES string of the molecule is O=C(Cc1ccc2c(c1)CCO2)N1CCC2(CCN(Cc3ccccn3)C2=O)C1. The van der Waals surface area contributed by atoms with Crippen LogP contribution in [-0.2, 0) is 29.0 Å². The van der Waals surface area contributed by atoms with Crippen LogP contribution in [0.2, 0.25) is 0 Å². The van der Waals surface area contributed by atoms with Crippen molar-refractivity contribution in [2.45, 2.75) is 32.2 Å². The van der Waals surface area contributed by atoms with Gasteiger partial charge in [0.15, 0.2) is 0 Å². The Balaban J connectivity index is 1.22. The summed E-state index contributed by atoms with van der Waals surface area (Å²) in [7, 11) is 0. The molecule has 1 atom stereocenters. The molecule has 1 unspecified atom stereocenters. The van der Waals surface area contributed by atoms with E-state index in [-0.39, 0.29) is 11.8 Å². The molecule has 6 heteroatoms. The Morgan fingerprint density at radius 1 is 1.17 bits per heavy atom. The highest BCUT2D eigenvalue weighted by Gasteiger charge is 2.51. The van der Waals surface area contributed by atoms with Crippen LogP contribution < -0.4 is 4.74 Å². The molecule has 0 bridgehead atoms. The Morgan fingerprint density at radius 3 is 2.93 bits per heavy atom. The number of ether oxygens (including phenoxy) is 1. The van der Waals surface area contributed by atoms with Gasteiger partial charge in [-0.2, -0.15) is 0 Å². The minimum Gasteiger partial charge on any atom is -0.493 e. The summed E-state index contributed by atoms with van der Waals surface area (Å²) in [6.45, 7) is 3.21. The first kappa shape index (κ1) is 18.2. The van der Waals surface area contributed by atoms with Gasteiger partial charge in [-0.25, -0.2) is 0 Å². The molecule has 1 aromatic heterocycles. The normalized spacial score (nSPS) is 23.0. The van der Waals surface area contributed by atoms with E-state index in [0.29, 0.717) is 26.1 Å². The van der Waals surface area contributed by atoms with Crippen LogP contribution in [0.3, 0.4) is 0 Å². The Kier molecular flexibility index (Phi) is 4.49. The Bertz CT molecular complexity index is 946. The second-order valence-corrected chi connectivity index (χ2v) is 8.36. The van der Waals surface area contributed by atoms with E-state index in [1.54, 1.807) is 6.20 Å². The molecule has 0 N–H and O–H groups in total. The van der Waals surface area contributed by atoms with Crippen molar-refractivity contribution in [2.24, 2.45) is 5.41 Å². The molecule has 150 valence electrons. The Hall–Kier alpha value is -2.89. The fourth-order valence-electron chi connectivity index (χ4n) is 4.83. The zero-order valence-electron chi connectivity index (χ0n) is 16.5. The lowest BCUT2D eigenvalue weighted by Crippen LogP contribution is -2.38. The number of hydrogen-bond acceptors (Lipinski definition) is 4. The van der Waals surface area contributed by atoms with Crippen molar-refractivity contribution in [2.75, 3.05) is 26.2 Å². The number of aromatic nitrogens is 1. The van der Waals surface area contributed by atoms with Crippen LogP contribution in [0, 0.1) is 5.41 Å². The fraction of sp³-hybridized carbons (Fsp3) is 0.435. The second-order valence-electron chi connectivity index (χ2n) is 8.36. The topological polar surface area (TPSA) is 62.7 Å². The first-order chi connectivity index (χ1) is 14.1. The van der Waals surface area contributed by atoms with E-state index in [0.717, 1.165) is 49.4 Å². The highest BCUT2D eigenvalue weighted by atomic mass is 16.5. The van der Waals surface area contributed by atoms with Crippen molar-refractivity contribution in [3.05, 3.63) is 59.4 Å². The molecule has 6 nitrogen and oxygen atoms in total. The van der Waals surface area contributed by atoms with Crippen LogP contribution in [0.4, 0.5) is 0 Å². The molecule has 2 amide bonds. The minimum atomic E-state index is -0.407. The third kappa shape index (κ3) is 3.37. The molecule has 4 heterocycles. The molecule has 0 saturated carbocycles. The van der Waals surface area contributed by atoms with Crippen LogP contribution in [0.1, 0.15) is 29.7 Å². The van der Waals surface area contributed by atoms with Gasteiger partial charge in [0, 0.05) is 32.3 Å². The first-order valence-electron chi connectivity index (χ1n) is 10.3. The average molecular weight is 391 g/mol. The van der Waals surface area contributed by atoms with E-state index in [1.165, 1.54) is 5.56 Å². The van der Waals surface area contributed by atoms with Crippen LogP contribution in [0.15, 0.2) is 42.6 Å². The molecule has 0 aliphatic carbocycles. The smallest absolute Gasteiger partial charge is 0.231 e. The molecule has 0 radical (unpaired) electrons. The van der Waals surface area contributed by atoms with E-state index < -0.39 is 5.41 Å². The number of pyridine rings is 1. The van der Waals surface area contributed by atoms with Crippen LogP contribution in [-0.4, -0.2) is 52.8 Å². The first-order valence-corrected chi connectivity index (χ1v) is 10.3. The van der Waals surface area contributed by atoms with Crippen molar-refractivity contribution in [3.63, 3.8) is 0 Å². The maximum Gasteiger partial charge on any atom is 0.231 e. The molecular weight excluding hydrogens is 366 g/mol. The molecule has 2 saturated heterocycles. The van der Waals surface area contributed by atoms with Gasteiger partial charge in [0.1, 0.15) is 5.75 Å². The quantitative estimate of drug-likeness (QED) is 0.802. The molecule has 2 aromatic rings. The largest absolute Gasteiger partial charge is 0.493 e. The van der Waals surface area contributed by atoms with E-state index in [1.807, 2.05) is 40.1 Å². The lowest BCUT2D eigenvalue weighted by Gasteiger charge is -2.23. The van der Waals surface area contributed by atoms with E-state index in [2.05, 4.69) is 11.1 Å². The van der Waals surface area contributed by atoms with E-state index >= 15 is 0 Å². The van der Waals surface area contributed by atoms with E-state index in [4.69, 9.17) is 4.74 Å². The molecule has 3 aliphatic heterocycles. The van der Waals surface area contributed by atoms with Gasteiger partial charge in [-0.15, -0.1) is 0 Å². The summed E-state index contributed by atoms with van der Waals surface area (Å²) < 4.78 is 5.54. The molecule has 5 rings (SSSR count). The van der Waals surface area contributed by atoms with Gasteiger partial charge in [0.05, 0.1) is 30.7 Å². The predicted octanol–water partition coefficient (Wildman–Crippen LogP) is 2.21. The van der Waals surface area contributed by atoms with Crippen LogP contribution in [0.25, 0.3) is 0 Å². The third-order valence-electron chi connectivity index (χ3n) is 6.50. The highest BCUT2D eigenvalue weighted by Crippen LogP contribution is 2.41. The summed E-state index contributed by atoms with van der Waals surface area (Å²) in [5.41, 5.74) is 2.71. The number of hydrogen-bond donors (Lipinski definition) is 0. The number of carbonyl (C=O) groups excluding carboxylic acids is 2. The number of carbonyl (C=O) groups is 2. The number of amides is 2. The van der Waals surface area contributed by atoms with Crippen molar-refractivity contribution in [1.29, 1.82) is 0 Å². The lowest BCUT2D eigenvalue weighted by atomic mass is 9.85. The molecule has 1 spiro atoms.